The molecule has 0 saturated carbocycles. The minimum Gasteiger partial charge on any atom is -0.480 e. The number of carbonyl (C=O) groups is 1. The van der Waals surface area contributed by atoms with Crippen molar-refractivity contribution in [2.24, 2.45) is 5.92 Å². The van der Waals surface area contributed by atoms with E-state index in [4.69, 9.17) is 4.74 Å². The Bertz CT molecular complexity index is 289. The van der Waals surface area contributed by atoms with Crippen molar-refractivity contribution in [1.29, 1.82) is 0 Å². The Balaban J connectivity index is 2.79. The molecule has 1 heterocycles. The first kappa shape index (κ1) is 15.4. The maximum absolute atomic E-state index is 11.4. The topological polar surface area (TPSA) is 49.8 Å². The molecule has 2 unspecified atom stereocenters. The number of carboxylic acids is 1. The third kappa shape index (κ3) is 3.23. The molecule has 1 aliphatic heterocycles. The smallest absolute Gasteiger partial charge is 0.323 e. The number of likely N-dealkylation sites (N-methyl/N-ethyl adjacent to an activating group) is 1. The van der Waals surface area contributed by atoms with Gasteiger partial charge in [-0.05, 0) is 39.2 Å². The average Bonchev–Trinajstić information content (AvgIpc) is 2.29. The predicted molar refractivity (Wildman–Crippen MR) is 71.7 cm³/mol. The lowest BCUT2D eigenvalue weighted by Crippen LogP contribution is -2.57. The van der Waals surface area contributed by atoms with Crippen molar-refractivity contribution in [2.45, 2.75) is 65.1 Å². The summed E-state index contributed by atoms with van der Waals surface area (Å²) in [4.78, 5) is 13.5. The van der Waals surface area contributed by atoms with E-state index in [9.17, 15) is 9.90 Å². The molecule has 1 saturated heterocycles. The molecular weight excluding hydrogens is 230 g/mol. The van der Waals surface area contributed by atoms with Crippen LogP contribution in [-0.4, -0.2) is 46.8 Å². The van der Waals surface area contributed by atoms with Gasteiger partial charge in [-0.2, -0.15) is 0 Å². The summed E-state index contributed by atoms with van der Waals surface area (Å²) < 4.78 is 5.76. The highest BCUT2D eigenvalue weighted by molar-refractivity contribution is 5.77. The molecule has 1 N–H and O–H groups in total. The van der Waals surface area contributed by atoms with Crippen molar-refractivity contribution >= 4 is 5.97 Å². The van der Waals surface area contributed by atoms with Crippen LogP contribution in [0.15, 0.2) is 0 Å². The Morgan fingerprint density at radius 3 is 2.56 bits per heavy atom. The second-order valence-electron chi connectivity index (χ2n) is 5.98. The van der Waals surface area contributed by atoms with Gasteiger partial charge in [0, 0.05) is 12.6 Å². The van der Waals surface area contributed by atoms with Gasteiger partial charge in [0.05, 0.1) is 6.10 Å². The summed E-state index contributed by atoms with van der Waals surface area (Å²) >= 11 is 0. The summed E-state index contributed by atoms with van der Waals surface area (Å²) in [5, 5.41) is 9.38. The van der Waals surface area contributed by atoms with E-state index in [-0.39, 0.29) is 6.10 Å². The Hall–Kier alpha value is -0.610. The van der Waals surface area contributed by atoms with Gasteiger partial charge in [0.15, 0.2) is 0 Å². The van der Waals surface area contributed by atoms with Gasteiger partial charge in [-0.1, -0.05) is 20.8 Å². The standard InChI is InChI=1S/C14H27NO3/c1-6-15(14(4,5)13(16)17)11-7-8-18-12(9-11)10(2)3/h10-12H,6-9H2,1-5H3,(H,16,17). The third-order valence-corrected chi connectivity index (χ3v) is 4.05. The van der Waals surface area contributed by atoms with E-state index < -0.39 is 11.5 Å². The minimum atomic E-state index is -0.807. The van der Waals surface area contributed by atoms with Crippen molar-refractivity contribution < 1.29 is 14.6 Å². The lowest BCUT2D eigenvalue weighted by Gasteiger charge is -2.44. The van der Waals surface area contributed by atoms with Gasteiger partial charge in [0.25, 0.3) is 0 Å². The fraction of sp³-hybridized carbons (Fsp3) is 0.929. The highest BCUT2D eigenvalue weighted by Gasteiger charge is 2.40. The SMILES string of the molecule is CCN(C1CCOC(C(C)C)C1)C(C)(C)C(=O)O. The van der Waals surface area contributed by atoms with Gasteiger partial charge in [-0.25, -0.2) is 0 Å². The molecule has 4 heteroatoms. The number of hydrogen-bond acceptors (Lipinski definition) is 3. The lowest BCUT2D eigenvalue weighted by molar-refractivity contribution is -0.153. The fourth-order valence-corrected chi connectivity index (χ4v) is 2.79. The quantitative estimate of drug-likeness (QED) is 0.821. The monoisotopic (exact) mass is 257 g/mol. The van der Waals surface area contributed by atoms with Gasteiger partial charge in [0.1, 0.15) is 5.54 Å². The second kappa shape index (κ2) is 6.02. The Morgan fingerprint density at radius 1 is 1.50 bits per heavy atom. The Morgan fingerprint density at radius 2 is 2.11 bits per heavy atom. The van der Waals surface area contributed by atoms with Crippen molar-refractivity contribution in [3.8, 4) is 0 Å². The van der Waals surface area contributed by atoms with Crippen molar-refractivity contribution in [2.75, 3.05) is 13.2 Å². The van der Waals surface area contributed by atoms with Crippen LogP contribution >= 0.6 is 0 Å². The van der Waals surface area contributed by atoms with Crippen LogP contribution in [0.3, 0.4) is 0 Å². The van der Waals surface area contributed by atoms with E-state index in [1.807, 2.05) is 6.92 Å². The van der Waals surface area contributed by atoms with Crippen molar-refractivity contribution in [3.05, 3.63) is 0 Å². The average molecular weight is 257 g/mol. The largest absolute Gasteiger partial charge is 0.480 e. The van der Waals surface area contributed by atoms with E-state index in [0.717, 1.165) is 26.0 Å². The van der Waals surface area contributed by atoms with E-state index in [2.05, 4.69) is 18.7 Å². The Kier molecular flexibility index (Phi) is 5.17. The number of carboxylic acid groups (broad SMARTS) is 1. The molecule has 18 heavy (non-hydrogen) atoms. The molecular formula is C14H27NO3. The first-order valence-electron chi connectivity index (χ1n) is 6.92. The number of ether oxygens (including phenoxy) is 1. The van der Waals surface area contributed by atoms with Gasteiger partial charge < -0.3 is 9.84 Å². The zero-order valence-corrected chi connectivity index (χ0v) is 12.3. The van der Waals surface area contributed by atoms with E-state index >= 15 is 0 Å². The molecule has 0 aromatic rings. The first-order valence-corrected chi connectivity index (χ1v) is 6.92. The number of aliphatic carboxylic acids is 1. The zero-order chi connectivity index (χ0) is 13.9. The molecule has 1 fully saturated rings. The highest BCUT2D eigenvalue weighted by atomic mass is 16.5. The second-order valence-corrected chi connectivity index (χ2v) is 5.98. The van der Waals surface area contributed by atoms with Crippen LogP contribution in [0.2, 0.25) is 0 Å². The predicted octanol–water partition coefficient (Wildman–Crippen LogP) is 2.38. The van der Waals surface area contributed by atoms with Gasteiger partial charge >= 0.3 is 5.97 Å². The fourth-order valence-electron chi connectivity index (χ4n) is 2.79. The van der Waals surface area contributed by atoms with E-state index in [0.29, 0.717) is 12.0 Å². The molecule has 106 valence electrons. The molecule has 1 aliphatic rings. The molecule has 0 amide bonds. The van der Waals surface area contributed by atoms with Gasteiger partial charge in [0.2, 0.25) is 0 Å². The summed E-state index contributed by atoms with van der Waals surface area (Å²) in [6.07, 6.45) is 2.11. The number of nitrogens with zero attached hydrogens (tertiary/aromatic N) is 1. The minimum absolute atomic E-state index is 0.252. The summed E-state index contributed by atoms with van der Waals surface area (Å²) in [6.45, 7) is 11.4. The normalized spacial score (nSPS) is 25.7. The molecule has 0 bridgehead atoms. The van der Waals surface area contributed by atoms with Crippen LogP contribution in [0, 0.1) is 5.92 Å². The molecule has 2 atom stereocenters. The third-order valence-electron chi connectivity index (χ3n) is 4.05. The molecule has 0 aromatic heterocycles. The molecule has 0 aliphatic carbocycles. The molecule has 0 radical (unpaired) electrons. The van der Waals surface area contributed by atoms with Crippen LogP contribution in [0.5, 0.6) is 0 Å². The lowest BCUT2D eigenvalue weighted by atomic mass is 9.90. The molecule has 0 spiro atoms. The maximum Gasteiger partial charge on any atom is 0.323 e. The van der Waals surface area contributed by atoms with Crippen LogP contribution in [0.25, 0.3) is 0 Å². The number of rotatable bonds is 5. The summed E-state index contributed by atoms with van der Waals surface area (Å²) in [5.74, 6) is -0.267. The van der Waals surface area contributed by atoms with E-state index in [1.54, 1.807) is 13.8 Å². The van der Waals surface area contributed by atoms with Crippen molar-refractivity contribution in [1.82, 2.24) is 4.90 Å². The highest BCUT2D eigenvalue weighted by Crippen LogP contribution is 2.28. The summed E-state index contributed by atoms with van der Waals surface area (Å²) in [7, 11) is 0. The van der Waals surface area contributed by atoms with Crippen LogP contribution in [0.4, 0.5) is 0 Å². The first-order chi connectivity index (χ1) is 8.30. The number of hydrogen-bond donors (Lipinski definition) is 1. The van der Waals surface area contributed by atoms with Gasteiger partial charge in [-0.3, -0.25) is 9.69 Å². The maximum atomic E-state index is 11.4. The summed E-state index contributed by atoms with van der Waals surface area (Å²) in [6, 6.07) is 0.308. The summed E-state index contributed by atoms with van der Waals surface area (Å²) in [5.41, 5.74) is -0.807. The van der Waals surface area contributed by atoms with E-state index in [1.165, 1.54) is 0 Å². The van der Waals surface area contributed by atoms with Crippen LogP contribution in [-0.2, 0) is 9.53 Å². The Labute approximate surface area is 110 Å². The van der Waals surface area contributed by atoms with Gasteiger partial charge in [-0.15, -0.1) is 0 Å². The van der Waals surface area contributed by atoms with Crippen LogP contribution in [0.1, 0.15) is 47.5 Å². The molecule has 1 rings (SSSR count). The van der Waals surface area contributed by atoms with Crippen LogP contribution < -0.4 is 0 Å². The van der Waals surface area contributed by atoms with Crippen molar-refractivity contribution in [3.63, 3.8) is 0 Å². The zero-order valence-electron chi connectivity index (χ0n) is 12.3. The molecule has 4 nitrogen and oxygen atoms in total. The molecule has 0 aromatic carbocycles.